The number of carbonyl (C=O) groups is 2. The van der Waals surface area contributed by atoms with Crippen molar-refractivity contribution in [3.05, 3.63) is 75.8 Å². The van der Waals surface area contributed by atoms with Gasteiger partial charge in [0.1, 0.15) is 12.7 Å². The molecular weight excluding hydrogens is 366 g/mol. The molecule has 2 aromatic carbocycles. The van der Waals surface area contributed by atoms with Crippen molar-refractivity contribution >= 4 is 17.6 Å². The van der Waals surface area contributed by atoms with E-state index in [0.717, 1.165) is 0 Å². The number of hydrogen-bond acceptors (Lipinski definition) is 7. The molecule has 0 amide bonds. The summed E-state index contributed by atoms with van der Waals surface area (Å²) in [4.78, 5) is 34.4. The van der Waals surface area contributed by atoms with E-state index in [9.17, 15) is 19.7 Å². The van der Waals surface area contributed by atoms with E-state index in [4.69, 9.17) is 14.2 Å². The fourth-order valence-electron chi connectivity index (χ4n) is 2.90. The third-order valence-corrected chi connectivity index (χ3v) is 4.41. The lowest BCUT2D eigenvalue weighted by molar-refractivity contribution is -0.384. The van der Waals surface area contributed by atoms with Gasteiger partial charge < -0.3 is 14.2 Å². The second-order valence-corrected chi connectivity index (χ2v) is 6.41. The van der Waals surface area contributed by atoms with Crippen LogP contribution in [0.1, 0.15) is 34.1 Å². The van der Waals surface area contributed by atoms with Gasteiger partial charge in [-0.2, -0.15) is 0 Å². The first-order chi connectivity index (χ1) is 13.4. The molecule has 0 N–H and O–H groups in total. The summed E-state index contributed by atoms with van der Waals surface area (Å²) in [5.74, 6) is -1.03. The molecule has 1 aliphatic heterocycles. The standard InChI is InChI=1S/C20H19NO7/c1-13-18(28-20(23)15-7-9-16(10-8-15)21(24)25)11-17(27-13)12-26-19(22)14-5-3-2-4-6-14/h2-10,13,17-18H,11-12H2,1H3/t13-,17+,18+/m1/s1. The zero-order valence-electron chi connectivity index (χ0n) is 15.1. The molecular formula is C20H19NO7. The maximum atomic E-state index is 12.3. The van der Waals surface area contributed by atoms with Gasteiger partial charge in [-0.3, -0.25) is 10.1 Å². The molecule has 28 heavy (non-hydrogen) atoms. The lowest BCUT2D eigenvalue weighted by Crippen LogP contribution is -2.24. The van der Waals surface area contributed by atoms with Crippen molar-refractivity contribution in [3.8, 4) is 0 Å². The van der Waals surface area contributed by atoms with Gasteiger partial charge in [0.2, 0.25) is 0 Å². The Bertz CT molecular complexity index is 851. The number of carbonyl (C=O) groups excluding carboxylic acids is 2. The molecule has 0 aliphatic carbocycles. The van der Waals surface area contributed by atoms with Gasteiger partial charge in [-0.05, 0) is 31.2 Å². The molecule has 8 nitrogen and oxygen atoms in total. The zero-order valence-corrected chi connectivity index (χ0v) is 15.1. The minimum Gasteiger partial charge on any atom is -0.459 e. The van der Waals surface area contributed by atoms with Crippen molar-refractivity contribution in [1.29, 1.82) is 0 Å². The first kappa shape index (κ1) is 19.5. The van der Waals surface area contributed by atoms with E-state index in [0.29, 0.717) is 12.0 Å². The van der Waals surface area contributed by atoms with E-state index < -0.39 is 23.0 Å². The first-order valence-corrected chi connectivity index (χ1v) is 8.77. The maximum Gasteiger partial charge on any atom is 0.338 e. The first-order valence-electron chi connectivity index (χ1n) is 8.77. The quantitative estimate of drug-likeness (QED) is 0.427. The van der Waals surface area contributed by atoms with E-state index in [-0.39, 0.29) is 30.1 Å². The molecule has 1 saturated heterocycles. The maximum absolute atomic E-state index is 12.3. The summed E-state index contributed by atoms with van der Waals surface area (Å²) in [5.41, 5.74) is 0.570. The van der Waals surface area contributed by atoms with Crippen LogP contribution < -0.4 is 0 Å². The van der Waals surface area contributed by atoms with Crippen molar-refractivity contribution in [2.75, 3.05) is 6.61 Å². The van der Waals surface area contributed by atoms with Crippen LogP contribution in [0.4, 0.5) is 5.69 Å². The van der Waals surface area contributed by atoms with E-state index in [2.05, 4.69) is 0 Å². The predicted octanol–water partition coefficient (Wildman–Crippen LogP) is 3.15. The molecule has 3 atom stereocenters. The average molecular weight is 385 g/mol. The fourth-order valence-corrected chi connectivity index (χ4v) is 2.90. The van der Waals surface area contributed by atoms with Gasteiger partial charge in [0.15, 0.2) is 0 Å². The highest BCUT2D eigenvalue weighted by Crippen LogP contribution is 2.25. The van der Waals surface area contributed by atoms with Crippen LogP contribution in [0.2, 0.25) is 0 Å². The van der Waals surface area contributed by atoms with Crippen molar-refractivity contribution in [1.82, 2.24) is 0 Å². The molecule has 146 valence electrons. The normalized spacial score (nSPS) is 21.1. The lowest BCUT2D eigenvalue weighted by atomic mass is 10.1. The summed E-state index contributed by atoms with van der Waals surface area (Å²) in [5, 5.41) is 10.7. The molecule has 3 rings (SSSR count). The van der Waals surface area contributed by atoms with Crippen LogP contribution in [-0.4, -0.2) is 41.8 Å². The van der Waals surface area contributed by atoms with Gasteiger partial charge in [0.25, 0.3) is 5.69 Å². The number of non-ortho nitro benzene ring substituents is 1. The molecule has 1 aliphatic rings. The average Bonchev–Trinajstić information content (AvgIpc) is 3.06. The highest BCUT2D eigenvalue weighted by Gasteiger charge is 2.36. The lowest BCUT2D eigenvalue weighted by Gasteiger charge is -2.14. The summed E-state index contributed by atoms with van der Waals surface area (Å²) in [6.45, 7) is 1.83. The van der Waals surface area contributed by atoms with Crippen LogP contribution in [0, 0.1) is 10.1 Å². The Morgan fingerprint density at radius 1 is 1.07 bits per heavy atom. The van der Waals surface area contributed by atoms with Gasteiger partial charge in [-0.15, -0.1) is 0 Å². The molecule has 1 fully saturated rings. The van der Waals surface area contributed by atoms with Gasteiger partial charge >= 0.3 is 11.9 Å². The molecule has 0 bridgehead atoms. The van der Waals surface area contributed by atoms with Gasteiger partial charge in [0, 0.05) is 18.6 Å². The van der Waals surface area contributed by atoms with Crippen LogP contribution in [0.25, 0.3) is 0 Å². The Hall–Kier alpha value is -3.26. The molecule has 1 heterocycles. The molecule has 2 aromatic rings. The van der Waals surface area contributed by atoms with Crippen molar-refractivity contribution < 1.29 is 28.7 Å². The van der Waals surface area contributed by atoms with Gasteiger partial charge in [-0.1, -0.05) is 18.2 Å². The zero-order chi connectivity index (χ0) is 20.1. The summed E-state index contributed by atoms with van der Waals surface area (Å²) in [7, 11) is 0. The molecule has 0 aromatic heterocycles. The summed E-state index contributed by atoms with van der Waals surface area (Å²) < 4.78 is 16.4. The molecule has 0 unspecified atom stereocenters. The summed E-state index contributed by atoms with van der Waals surface area (Å²) >= 11 is 0. The SMILES string of the molecule is C[C@H]1O[C@H](COC(=O)c2ccccc2)C[C@@H]1OC(=O)c1ccc([N+](=O)[O-])cc1. The van der Waals surface area contributed by atoms with Crippen molar-refractivity contribution in [2.45, 2.75) is 31.7 Å². The number of nitro benzene ring substituents is 1. The Kier molecular flexibility index (Phi) is 6.00. The Balaban J connectivity index is 1.51. The van der Waals surface area contributed by atoms with Crippen LogP contribution >= 0.6 is 0 Å². The van der Waals surface area contributed by atoms with E-state index in [1.54, 1.807) is 31.2 Å². The summed E-state index contributed by atoms with van der Waals surface area (Å²) in [6, 6.07) is 13.8. The monoisotopic (exact) mass is 385 g/mol. The topological polar surface area (TPSA) is 105 Å². The smallest absolute Gasteiger partial charge is 0.338 e. The minimum atomic E-state index is -0.586. The predicted molar refractivity (Wildman–Crippen MR) is 98.0 cm³/mol. The fraction of sp³-hybridized carbons (Fsp3) is 0.300. The van der Waals surface area contributed by atoms with Gasteiger partial charge in [-0.25, -0.2) is 9.59 Å². The highest BCUT2D eigenvalue weighted by molar-refractivity contribution is 5.90. The van der Waals surface area contributed by atoms with E-state index in [1.807, 2.05) is 6.07 Å². The number of nitrogens with zero attached hydrogens (tertiary/aromatic N) is 1. The van der Waals surface area contributed by atoms with Crippen LogP contribution in [0.15, 0.2) is 54.6 Å². The number of hydrogen-bond donors (Lipinski definition) is 0. The third kappa shape index (κ3) is 4.72. The Labute approximate surface area is 161 Å². The minimum absolute atomic E-state index is 0.0592. The second-order valence-electron chi connectivity index (χ2n) is 6.41. The number of ether oxygens (including phenoxy) is 3. The van der Waals surface area contributed by atoms with E-state index in [1.165, 1.54) is 24.3 Å². The van der Waals surface area contributed by atoms with Crippen molar-refractivity contribution in [2.24, 2.45) is 0 Å². The van der Waals surface area contributed by atoms with E-state index >= 15 is 0 Å². The van der Waals surface area contributed by atoms with Crippen LogP contribution in [0.3, 0.4) is 0 Å². The van der Waals surface area contributed by atoms with Gasteiger partial charge in [0.05, 0.1) is 28.3 Å². The third-order valence-electron chi connectivity index (χ3n) is 4.41. The van der Waals surface area contributed by atoms with Crippen molar-refractivity contribution in [3.63, 3.8) is 0 Å². The number of esters is 2. The highest BCUT2D eigenvalue weighted by atomic mass is 16.6. The Morgan fingerprint density at radius 2 is 1.71 bits per heavy atom. The number of benzene rings is 2. The number of nitro groups is 1. The molecule has 0 saturated carbocycles. The Morgan fingerprint density at radius 3 is 2.36 bits per heavy atom. The molecule has 0 spiro atoms. The largest absolute Gasteiger partial charge is 0.459 e. The van der Waals surface area contributed by atoms with Crippen LogP contribution in [-0.2, 0) is 14.2 Å². The second kappa shape index (κ2) is 8.62. The number of rotatable bonds is 6. The van der Waals surface area contributed by atoms with Crippen LogP contribution in [0.5, 0.6) is 0 Å². The molecule has 0 radical (unpaired) electrons. The molecule has 8 heteroatoms. The summed E-state index contributed by atoms with van der Waals surface area (Å²) in [6.07, 6.45) is -0.843.